The number of rotatable bonds is 8. The van der Waals surface area contributed by atoms with Crippen molar-refractivity contribution in [3.63, 3.8) is 0 Å². The maximum absolute atomic E-state index is 13.2. The highest BCUT2D eigenvalue weighted by molar-refractivity contribution is 7.09. The van der Waals surface area contributed by atoms with Crippen LogP contribution in [0.1, 0.15) is 54.3 Å². The van der Waals surface area contributed by atoms with Gasteiger partial charge in [-0.25, -0.2) is 9.67 Å². The summed E-state index contributed by atoms with van der Waals surface area (Å²) < 4.78 is 1.44. The highest BCUT2D eigenvalue weighted by atomic mass is 32.1. The second kappa shape index (κ2) is 9.10. The molecule has 148 valence electrons. The molecule has 0 bridgehead atoms. The minimum absolute atomic E-state index is 0.141. The summed E-state index contributed by atoms with van der Waals surface area (Å²) in [6.45, 7) is 5.12. The van der Waals surface area contributed by atoms with Crippen molar-refractivity contribution in [3.8, 4) is 0 Å². The molecule has 0 spiro atoms. The Bertz CT molecular complexity index is 1020. The highest BCUT2D eigenvalue weighted by Gasteiger charge is 2.20. The molecule has 6 nitrogen and oxygen atoms in total. The second-order valence-corrected chi connectivity index (χ2v) is 7.82. The zero-order valence-corrected chi connectivity index (χ0v) is 17.5. The van der Waals surface area contributed by atoms with Crippen LogP contribution in [0.15, 0.2) is 34.4 Å². The first-order valence-corrected chi connectivity index (χ1v) is 10.6. The van der Waals surface area contributed by atoms with Crippen LogP contribution in [0.5, 0.6) is 0 Å². The van der Waals surface area contributed by atoms with Gasteiger partial charge in [0.25, 0.3) is 11.5 Å². The van der Waals surface area contributed by atoms with Crippen molar-refractivity contribution in [1.29, 1.82) is 0 Å². The number of carbonyl (C=O) groups excluding carboxylic acids is 1. The van der Waals surface area contributed by atoms with E-state index in [1.165, 1.54) is 4.68 Å². The molecule has 0 radical (unpaired) electrons. The van der Waals surface area contributed by atoms with E-state index in [-0.39, 0.29) is 11.5 Å². The minimum atomic E-state index is -0.202. The second-order valence-electron chi connectivity index (χ2n) is 6.88. The van der Waals surface area contributed by atoms with E-state index in [0.717, 1.165) is 36.4 Å². The standard InChI is InChI=1S/C21H26N4O2S/c1-4-6-9-12-25-20(26)17-11-8-7-10-16(17)19(23-25)21(27)24(3)13-15-14-28-18(5-2)22-15/h7-8,10-11,14H,4-6,9,12-13H2,1-3H3. The van der Waals surface area contributed by atoms with Gasteiger partial charge in [0.05, 0.1) is 22.6 Å². The van der Waals surface area contributed by atoms with Gasteiger partial charge < -0.3 is 4.90 Å². The molecule has 28 heavy (non-hydrogen) atoms. The highest BCUT2D eigenvalue weighted by Crippen LogP contribution is 2.17. The molecule has 1 amide bonds. The number of thiazole rings is 1. The van der Waals surface area contributed by atoms with E-state index in [2.05, 4.69) is 23.9 Å². The predicted molar refractivity (Wildman–Crippen MR) is 113 cm³/mol. The summed E-state index contributed by atoms with van der Waals surface area (Å²) >= 11 is 1.61. The number of aryl methyl sites for hydroxylation is 2. The van der Waals surface area contributed by atoms with E-state index in [4.69, 9.17) is 0 Å². The Morgan fingerprint density at radius 1 is 1.18 bits per heavy atom. The maximum Gasteiger partial charge on any atom is 0.275 e. The lowest BCUT2D eigenvalue weighted by molar-refractivity contribution is 0.0777. The van der Waals surface area contributed by atoms with Crippen LogP contribution in [-0.4, -0.2) is 32.6 Å². The van der Waals surface area contributed by atoms with Crippen LogP contribution in [0, 0.1) is 0 Å². The van der Waals surface area contributed by atoms with Gasteiger partial charge >= 0.3 is 0 Å². The molecule has 0 fully saturated rings. The van der Waals surface area contributed by atoms with E-state index in [9.17, 15) is 9.59 Å². The number of aromatic nitrogens is 3. The number of benzene rings is 1. The van der Waals surface area contributed by atoms with E-state index < -0.39 is 0 Å². The lowest BCUT2D eigenvalue weighted by Gasteiger charge is -2.17. The number of hydrogen-bond donors (Lipinski definition) is 0. The Morgan fingerprint density at radius 2 is 1.93 bits per heavy atom. The van der Waals surface area contributed by atoms with Crippen molar-refractivity contribution in [2.45, 2.75) is 52.6 Å². The average Bonchev–Trinajstić information content (AvgIpc) is 3.17. The van der Waals surface area contributed by atoms with Crippen molar-refractivity contribution >= 4 is 28.0 Å². The fourth-order valence-electron chi connectivity index (χ4n) is 3.14. The van der Waals surface area contributed by atoms with Crippen LogP contribution >= 0.6 is 11.3 Å². The Hall–Kier alpha value is -2.54. The number of fused-ring (bicyclic) bond motifs is 1. The molecule has 2 aromatic heterocycles. The van der Waals surface area contributed by atoms with Crippen LogP contribution in [0.4, 0.5) is 0 Å². The fraction of sp³-hybridized carbons (Fsp3) is 0.429. The zero-order valence-electron chi connectivity index (χ0n) is 16.6. The molecule has 0 aliphatic heterocycles. The van der Waals surface area contributed by atoms with E-state index >= 15 is 0 Å². The van der Waals surface area contributed by atoms with Crippen molar-refractivity contribution in [2.24, 2.45) is 0 Å². The monoisotopic (exact) mass is 398 g/mol. The summed E-state index contributed by atoms with van der Waals surface area (Å²) in [5.74, 6) is -0.202. The predicted octanol–water partition coefficient (Wildman–Crippen LogP) is 3.88. The summed E-state index contributed by atoms with van der Waals surface area (Å²) in [5.41, 5.74) is 1.05. The minimum Gasteiger partial charge on any atom is -0.334 e. The van der Waals surface area contributed by atoms with Crippen molar-refractivity contribution < 1.29 is 4.79 Å². The molecule has 7 heteroatoms. The lowest BCUT2D eigenvalue weighted by atomic mass is 10.1. The number of nitrogens with zero attached hydrogens (tertiary/aromatic N) is 4. The van der Waals surface area contributed by atoms with Gasteiger partial charge in [0.2, 0.25) is 0 Å². The molecule has 0 N–H and O–H groups in total. The van der Waals surface area contributed by atoms with E-state index in [1.54, 1.807) is 35.4 Å². The number of amides is 1. The van der Waals surface area contributed by atoms with Gasteiger partial charge in [-0.3, -0.25) is 9.59 Å². The number of hydrogen-bond acceptors (Lipinski definition) is 5. The number of unbranched alkanes of at least 4 members (excludes halogenated alkanes) is 2. The van der Waals surface area contributed by atoms with Crippen LogP contribution in [0.3, 0.4) is 0 Å². The normalized spacial score (nSPS) is 11.1. The molecule has 1 aromatic carbocycles. The Kier molecular flexibility index (Phi) is 6.57. The molecule has 0 atom stereocenters. The molecular formula is C21H26N4O2S. The van der Waals surface area contributed by atoms with E-state index in [1.807, 2.05) is 17.5 Å². The van der Waals surface area contributed by atoms with Gasteiger partial charge in [0, 0.05) is 24.4 Å². The molecule has 3 aromatic rings. The van der Waals surface area contributed by atoms with Crippen molar-refractivity contribution in [3.05, 3.63) is 56.4 Å². The first-order chi connectivity index (χ1) is 13.5. The topological polar surface area (TPSA) is 68.1 Å². The van der Waals surface area contributed by atoms with Crippen LogP contribution in [0.25, 0.3) is 10.8 Å². The average molecular weight is 399 g/mol. The zero-order chi connectivity index (χ0) is 20.1. The smallest absolute Gasteiger partial charge is 0.275 e. The third-order valence-electron chi connectivity index (χ3n) is 4.69. The summed E-state index contributed by atoms with van der Waals surface area (Å²) in [6, 6.07) is 7.20. The first kappa shape index (κ1) is 20.2. The summed E-state index contributed by atoms with van der Waals surface area (Å²) in [4.78, 5) is 32.1. The molecular weight excluding hydrogens is 372 g/mol. The molecule has 0 saturated heterocycles. The quantitative estimate of drug-likeness (QED) is 0.540. The number of carbonyl (C=O) groups is 1. The van der Waals surface area contributed by atoms with Gasteiger partial charge in [0.15, 0.2) is 5.69 Å². The molecule has 3 rings (SSSR count). The third-order valence-corrected chi connectivity index (χ3v) is 5.73. The van der Waals surface area contributed by atoms with Crippen molar-refractivity contribution in [2.75, 3.05) is 7.05 Å². The Labute approximate surface area is 168 Å². The Balaban J connectivity index is 1.94. The van der Waals surface area contributed by atoms with Gasteiger partial charge in [-0.1, -0.05) is 44.9 Å². The van der Waals surface area contributed by atoms with Gasteiger partial charge in [-0.2, -0.15) is 5.10 Å². The first-order valence-electron chi connectivity index (χ1n) is 9.73. The van der Waals surface area contributed by atoms with Crippen LogP contribution < -0.4 is 5.56 Å². The largest absolute Gasteiger partial charge is 0.334 e. The third kappa shape index (κ3) is 4.30. The fourth-order valence-corrected chi connectivity index (χ4v) is 3.87. The molecule has 0 aliphatic rings. The van der Waals surface area contributed by atoms with Crippen molar-refractivity contribution in [1.82, 2.24) is 19.7 Å². The Morgan fingerprint density at radius 3 is 2.61 bits per heavy atom. The van der Waals surface area contributed by atoms with Gasteiger partial charge in [0.1, 0.15) is 0 Å². The maximum atomic E-state index is 13.2. The summed E-state index contributed by atoms with van der Waals surface area (Å²) in [7, 11) is 1.75. The summed E-state index contributed by atoms with van der Waals surface area (Å²) in [5, 5.41) is 8.63. The van der Waals surface area contributed by atoms with Crippen LogP contribution in [0.2, 0.25) is 0 Å². The molecule has 0 aliphatic carbocycles. The molecule has 0 saturated carbocycles. The van der Waals surface area contributed by atoms with E-state index in [0.29, 0.717) is 29.6 Å². The lowest BCUT2D eigenvalue weighted by Crippen LogP contribution is -2.32. The van der Waals surface area contributed by atoms with Gasteiger partial charge in [-0.15, -0.1) is 11.3 Å². The molecule has 2 heterocycles. The van der Waals surface area contributed by atoms with Crippen LogP contribution in [-0.2, 0) is 19.5 Å². The molecule has 0 unspecified atom stereocenters. The SMILES string of the molecule is CCCCCn1nc(C(=O)N(C)Cc2csc(CC)n2)c2ccccc2c1=O. The summed E-state index contributed by atoms with van der Waals surface area (Å²) in [6.07, 6.45) is 3.83. The van der Waals surface area contributed by atoms with Gasteiger partial charge in [-0.05, 0) is 18.9 Å².